The zero-order chi connectivity index (χ0) is 20.8. The van der Waals surface area contributed by atoms with Crippen LogP contribution in [-0.4, -0.2) is 50.7 Å². The lowest BCUT2D eigenvalue weighted by Gasteiger charge is -2.20. The zero-order valence-electron chi connectivity index (χ0n) is 17.5. The van der Waals surface area contributed by atoms with Gasteiger partial charge in [-0.1, -0.05) is 17.7 Å². The molecular weight excluding hydrogens is 518 g/mol. The summed E-state index contributed by atoms with van der Waals surface area (Å²) in [5.74, 6) is 1.31. The third kappa shape index (κ3) is 6.34. The maximum absolute atomic E-state index is 14.2. The van der Waals surface area contributed by atoms with Crippen LogP contribution in [0, 0.1) is 5.82 Å². The Morgan fingerprint density at radius 3 is 2.83 bits per heavy atom. The fraction of sp³-hybridized carbons (Fsp3) is 0.429. The first kappa shape index (κ1) is 24.5. The number of halogens is 3. The zero-order valence-corrected chi connectivity index (χ0v) is 20.6. The van der Waals surface area contributed by atoms with E-state index in [1.54, 1.807) is 23.2 Å². The van der Waals surface area contributed by atoms with Gasteiger partial charge in [-0.15, -0.1) is 24.0 Å². The number of pyridine rings is 1. The highest BCUT2D eigenvalue weighted by atomic mass is 127. The highest BCUT2D eigenvalue weighted by Crippen LogP contribution is 2.25. The predicted octanol–water partition coefficient (Wildman–Crippen LogP) is 3.89. The molecule has 1 aliphatic rings. The van der Waals surface area contributed by atoms with Crippen molar-refractivity contribution in [1.82, 2.24) is 15.6 Å². The summed E-state index contributed by atoms with van der Waals surface area (Å²) in [5, 5.41) is 7.41. The van der Waals surface area contributed by atoms with Gasteiger partial charge in [0.2, 0.25) is 0 Å². The second-order valence-electron chi connectivity index (χ2n) is 7.26. The number of anilines is 2. The molecular formula is C21H29ClFIN6. The number of guanidine groups is 1. The Bertz CT molecular complexity index is 863. The van der Waals surface area contributed by atoms with Crippen LogP contribution in [0.1, 0.15) is 18.9 Å². The van der Waals surface area contributed by atoms with Crippen molar-refractivity contribution in [3.8, 4) is 0 Å². The summed E-state index contributed by atoms with van der Waals surface area (Å²) in [5.41, 5.74) is 1.40. The largest absolute Gasteiger partial charge is 0.375 e. The minimum Gasteiger partial charge on any atom is -0.375 e. The normalized spacial score (nSPS) is 16.2. The Morgan fingerprint density at radius 2 is 2.17 bits per heavy atom. The number of nitrogens with one attached hydrogen (secondary N) is 2. The van der Waals surface area contributed by atoms with E-state index in [2.05, 4.69) is 25.5 Å². The van der Waals surface area contributed by atoms with E-state index in [0.29, 0.717) is 17.3 Å². The first-order valence-corrected chi connectivity index (χ1v) is 10.2. The molecule has 1 aliphatic heterocycles. The lowest BCUT2D eigenvalue weighted by Crippen LogP contribution is -2.44. The summed E-state index contributed by atoms with van der Waals surface area (Å²) in [6.07, 6.45) is 2.72. The Kier molecular flexibility index (Phi) is 9.41. The third-order valence-corrected chi connectivity index (χ3v) is 5.12. The summed E-state index contributed by atoms with van der Waals surface area (Å²) >= 11 is 6.27. The first-order chi connectivity index (χ1) is 14.0. The van der Waals surface area contributed by atoms with Crippen LogP contribution in [0.5, 0.6) is 0 Å². The third-order valence-electron chi connectivity index (χ3n) is 4.83. The van der Waals surface area contributed by atoms with Gasteiger partial charge in [-0.2, -0.15) is 0 Å². The Labute approximate surface area is 199 Å². The highest BCUT2D eigenvalue weighted by molar-refractivity contribution is 14.0. The molecule has 164 valence electrons. The molecule has 2 N–H and O–H groups in total. The van der Waals surface area contributed by atoms with Gasteiger partial charge in [0, 0.05) is 46.0 Å². The monoisotopic (exact) mass is 546 g/mol. The summed E-state index contributed by atoms with van der Waals surface area (Å²) in [7, 11) is 3.65. The molecule has 0 bridgehead atoms. The van der Waals surface area contributed by atoms with Gasteiger partial charge in [0.1, 0.15) is 11.6 Å². The van der Waals surface area contributed by atoms with E-state index in [0.717, 1.165) is 43.4 Å². The predicted molar refractivity (Wildman–Crippen MR) is 134 cm³/mol. The number of aromatic nitrogens is 1. The molecule has 1 aromatic carbocycles. The van der Waals surface area contributed by atoms with Gasteiger partial charge in [0.15, 0.2) is 5.96 Å². The summed E-state index contributed by atoms with van der Waals surface area (Å²) in [4.78, 5) is 13.0. The lowest BCUT2D eigenvalue weighted by atomic mass is 10.2. The Balaban J connectivity index is 0.00000320. The summed E-state index contributed by atoms with van der Waals surface area (Å²) in [6.45, 7) is 4.86. The number of nitrogens with zero attached hydrogens (tertiary/aromatic N) is 4. The molecule has 0 spiro atoms. The molecule has 1 unspecified atom stereocenters. The highest BCUT2D eigenvalue weighted by Gasteiger charge is 2.25. The first-order valence-electron chi connectivity index (χ1n) is 9.84. The second-order valence-corrected chi connectivity index (χ2v) is 7.67. The molecule has 1 aromatic heterocycles. The maximum atomic E-state index is 14.2. The number of hydrogen-bond donors (Lipinski definition) is 2. The van der Waals surface area contributed by atoms with Crippen LogP contribution in [0.4, 0.5) is 15.9 Å². The molecule has 1 saturated heterocycles. The fourth-order valence-electron chi connectivity index (χ4n) is 3.38. The van der Waals surface area contributed by atoms with E-state index in [1.165, 1.54) is 0 Å². The number of hydrogen-bond acceptors (Lipinski definition) is 4. The molecule has 0 amide bonds. The van der Waals surface area contributed by atoms with Gasteiger partial charge in [0.05, 0.1) is 17.3 Å². The van der Waals surface area contributed by atoms with Crippen molar-refractivity contribution in [2.24, 2.45) is 4.99 Å². The van der Waals surface area contributed by atoms with E-state index in [4.69, 9.17) is 11.6 Å². The Hall–Kier alpha value is -1.81. The van der Waals surface area contributed by atoms with E-state index in [-0.39, 0.29) is 35.8 Å². The van der Waals surface area contributed by atoms with E-state index in [1.807, 2.05) is 39.2 Å². The van der Waals surface area contributed by atoms with Crippen LogP contribution in [0.2, 0.25) is 5.02 Å². The van der Waals surface area contributed by atoms with Crippen molar-refractivity contribution in [2.45, 2.75) is 25.9 Å². The molecule has 1 fully saturated rings. The van der Waals surface area contributed by atoms with Crippen LogP contribution in [0.15, 0.2) is 41.5 Å². The van der Waals surface area contributed by atoms with Crippen molar-refractivity contribution in [1.29, 1.82) is 0 Å². The maximum Gasteiger partial charge on any atom is 0.191 e. The van der Waals surface area contributed by atoms with Crippen LogP contribution in [0.3, 0.4) is 0 Å². The topological polar surface area (TPSA) is 55.8 Å². The average Bonchev–Trinajstić information content (AvgIpc) is 3.14. The Morgan fingerprint density at radius 1 is 1.37 bits per heavy atom. The minimum atomic E-state index is -0.237. The average molecular weight is 547 g/mol. The van der Waals surface area contributed by atoms with Crippen molar-refractivity contribution in [3.63, 3.8) is 0 Å². The van der Waals surface area contributed by atoms with Crippen molar-refractivity contribution in [3.05, 3.63) is 52.9 Å². The molecule has 30 heavy (non-hydrogen) atoms. The number of rotatable bonds is 6. The number of benzene rings is 1. The molecule has 0 saturated carbocycles. The molecule has 2 heterocycles. The van der Waals surface area contributed by atoms with Crippen LogP contribution >= 0.6 is 35.6 Å². The minimum absolute atomic E-state index is 0. The van der Waals surface area contributed by atoms with Gasteiger partial charge in [0.25, 0.3) is 0 Å². The van der Waals surface area contributed by atoms with Gasteiger partial charge in [-0.05, 0) is 43.2 Å². The molecule has 9 heteroatoms. The van der Waals surface area contributed by atoms with Crippen molar-refractivity contribution >= 4 is 53.0 Å². The molecule has 0 aliphatic carbocycles. The molecule has 3 rings (SSSR count). The number of aliphatic imine (C=N–C) groups is 1. The van der Waals surface area contributed by atoms with Gasteiger partial charge in [-0.3, -0.25) is 0 Å². The quantitative estimate of drug-likeness (QED) is 0.327. The second kappa shape index (κ2) is 11.5. The van der Waals surface area contributed by atoms with E-state index in [9.17, 15) is 4.39 Å². The summed E-state index contributed by atoms with van der Waals surface area (Å²) < 4.78 is 14.2. The van der Waals surface area contributed by atoms with Crippen LogP contribution < -0.4 is 20.4 Å². The van der Waals surface area contributed by atoms with E-state index < -0.39 is 0 Å². The molecule has 2 aromatic rings. The standard InChI is InChI=1S/C21H28ClFN6.HI/c1-4-24-21(26-13-15-7-8-19(28(2)3)18(23)12-15)27-16-9-11-29(14-16)20-17(22)6-5-10-25-20;/h5-8,10,12,16H,4,9,11,13-14H2,1-3H3,(H2,24,26,27);1H. The van der Waals surface area contributed by atoms with Crippen molar-refractivity contribution in [2.75, 3.05) is 43.5 Å². The van der Waals surface area contributed by atoms with Gasteiger partial charge in [-0.25, -0.2) is 14.4 Å². The van der Waals surface area contributed by atoms with Gasteiger partial charge >= 0.3 is 0 Å². The van der Waals surface area contributed by atoms with Crippen LogP contribution in [0.25, 0.3) is 0 Å². The summed E-state index contributed by atoms with van der Waals surface area (Å²) in [6, 6.07) is 9.16. The molecule has 0 radical (unpaired) electrons. The lowest BCUT2D eigenvalue weighted by molar-refractivity contribution is 0.623. The van der Waals surface area contributed by atoms with Crippen LogP contribution in [-0.2, 0) is 6.54 Å². The van der Waals surface area contributed by atoms with E-state index >= 15 is 0 Å². The molecule has 1 atom stereocenters. The molecule has 6 nitrogen and oxygen atoms in total. The van der Waals surface area contributed by atoms with Gasteiger partial charge < -0.3 is 20.4 Å². The smallest absolute Gasteiger partial charge is 0.191 e. The fourth-order valence-corrected chi connectivity index (χ4v) is 3.62. The van der Waals surface area contributed by atoms with Crippen molar-refractivity contribution < 1.29 is 4.39 Å². The SMILES string of the molecule is CCNC(=NCc1ccc(N(C)C)c(F)c1)NC1CCN(c2ncccc2Cl)C1.I.